The second-order valence-corrected chi connectivity index (χ2v) is 9.83. The first-order valence-electron chi connectivity index (χ1n) is 12.4. The highest BCUT2D eigenvalue weighted by atomic mass is 16.5. The van der Waals surface area contributed by atoms with Crippen molar-refractivity contribution in [3.05, 3.63) is 60.9 Å². The Morgan fingerprint density at radius 2 is 1.78 bits per heavy atom. The van der Waals surface area contributed by atoms with Gasteiger partial charge in [0.25, 0.3) is 0 Å². The Bertz CT molecular complexity index is 1400. The van der Waals surface area contributed by atoms with Gasteiger partial charge in [-0.05, 0) is 55.2 Å². The van der Waals surface area contributed by atoms with Gasteiger partial charge in [-0.2, -0.15) is 5.10 Å². The van der Waals surface area contributed by atoms with Crippen molar-refractivity contribution in [2.24, 2.45) is 5.92 Å². The van der Waals surface area contributed by atoms with E-state index in [0.29, 0.717) is 11.5 Å². The van der Waals surface area contributed by atoms with Gasteiger partial charge < -0.3 is 15.8 Å². The summed E-state index contributed by atoms with van der Waals surface area (Å²) in [7, 11) is 0. The van der Waals surface area contributed by atoms with Crippen LogP contribution in [0.2, 0.25) is 0 Å². The molecule has 3 N–H and O–H groups in total. The molecule has 0 saturated carbocycles. The van der Waals surface area contributed by atoms with E-state index in [4.69, 9.17) is 15.6 Å². The van der Waals surface area contributed by atoms with Crippen molar-refractivity contribution < 1.29 is 9.53 Å². The topological polar surface area (TPSA) is 111 Å². The summed E-state index contributed by atoms with van der Waals surface area (Å²) in [6.45, 7) is 4.91. The maximum Gasteiger partial charge on any atom is 0.238 e. The number of hydrogen-bond donors (Lipinski definition) is 2. The molecular weight excluding hydrogens is 454 g/mol. The lowest BCUT2D eigenvalue weighted by Crippen LogP contribution is -2.48. The zero-order valence-electron chi connectivity index (χ0n) is 20.3. The summed E-state index contributed by atoms with van der Waals surface area (Å²) in [6, 6.07) is 17.4. The zero-order valence-corrected chi connectivity index (χ0v) is 20.3. The van der Waals surface area contributed by atoms with Gasteiger partial charge in [0, 0.05) is 12.1 Å². The molecule has 2 aliphatic rings. The molecule has 3 atom stereocenters. The van der Waals surface area contributed by atoms with E-state index >= 15 is 0 Å². The standard InChI is InChI=1S/C27H29N7O2/c1-16(2)24-27(35)31-21-13-10-18(14-33(21)24)34-26-22(25(28)29-15-30-26)23(32-34)17-8-11-20(12-9-17)36-19-6-4-3-5-7-19/h3-9,11-12,15-16,18,21,24H,10,13-14H2,1-2H3,(H,31,35)(H2,28,29,30). The fourth-order valence-electron chi connectivity index (χ4n) is 5.48. The summed E-state index contributed by atoms with van der Waals surface area (Å²) in [5.74, 6) is 2.27. The van der Waals surface area contributed by atoms with Gasteiger partial charge in [0.15, 0.2) is 5.65 Å². The highest BCUT2D eigenvalue weighted by Crippen LogP contribution is 2.37. The molecule has 4 heterocycles. The van der Waals surface area contributed by atoms with Gasteiger partial charge >= 0.3 is 0 Å². The van der Waals surface area contributed by atoms with E-state index in [1.807, 2.05) is 59.3 Å². The largest absolute Gasteiger partial charge is 0.457 e. The summed E-state index contributed by atoms with van der Waals surface area (Å²) < 4.78 is 7.92. The van der Waals surface area contributed by atoms with E-state index in [1.165, 1.54) is 6.33 Å². The van der Waals surface area contributed by atoms with Crippen LogP contribution < -0.4 is 15.8 Å². The Hall–Kier alpha value is -3.98. The summed E-state index contributed by atoms with van der Waals surface area (Å²) >= 11 is 0. The number of nitrogen functional groups attached to an aromatic ring is 1. The Balaban J connectivity index is 1.34. The quantitative estimate of drug-likeness (QED) is 0.442. The number of rotatable bonds is 5. The smallest absolute Gasteiger partial charge is 0.238 e. The van der Waals surface area contributed by atoms with Crippen molar-refractivity contribution in [2.75, 3.05) is 12.3 Å². The highest BCUT2D eigenvalue weighted by Gasteiger charge is 2.45. The Morgan fingerprint density at radius 3 is 2.53 bits per heavy atom. The third-order valence-electron chi connectivity index (χ3n) is 7.13. The molecule has 184 valence electrons. The van der Waals surface area contributed by atoms with Gasteiger partial charge in [0.1, 0.15) is 29.3 Å². The molecule has 9 heteroatoms. The van der Waals surface area contributed by atoms with Crippen molar-refractivity contribution in [1.82, 2.24) is 30.0 Å². The molecule has 2 aromatic carbocycles. The van der Waals surface area contributed by atoms with Crippen molar-refractivity contribution in [3.63, 3.8) is 0 Å². The molecule has 3 unspecified atom stereocenters. The van der Waals surface area contributed by atoms with Crippen LogP contribution in [-0.2, 0) is 4.79 Å². The number of nitrogens with two attached hydrogens (primary N) is 1. The number of anilines is 1. The molecule has 36 heavy (non-hydrogen) atoms. The van der Waals surface area contributed by atoms with Crippen LogP contribution in [0.4, 0.5) is 5.82 Å². The van der Waals surface area contributed by atoms with Crippen LogP contribution in [0, 0.1) is 5.92 Å². The summed E-state index contributed by atoms with van der Waals surface area (Å²) in [4.78, 5) is 23.7. The fourth-order valence-corrected chi connectivity index (χ4v) is 5.48. The first kappa shape index (κ1) is 22.5. The van der Waals surface area contributed by atoms with Crippen LogP contribution >= 0.6 is 0 Å². The number of carbonyl (C=O) groups is 1. The molecule has 2 saturated heterocycles. The fraction of sp³-hybridized carbons (Fsp3) is 0.333. The second-order valence-electron chi connectivity index (χ2n) is 9.83. The normalized spacial score (nSPS) is 22.1. The highest BCUT2D eigenvalue weighted by molar-refractivity contribution is 5.98. The van der Waals surface area contributed by atoms with Crippen molar-refractivity contribution in [1.29, 1.82) is 0 Å². The maximum absolute atomic E-state index is 12.6. The molecule has 9 nitrogen and oxygen atoms in total. The lowest BCUT2D eigenvalue weighted by atomic mass is 9.98. The first-order valence-corrected chi connectivity index (χ1v) is 12.4. The second kappa shape index (κ2) is 8.91. The summed E-state index contributed by atoms with van der Waals surface area (Å²) in [5, 5.41) is 8.92. The number of benzene rings is 2. The van der Waals surface area contributed by atoms with E-state index in [1.54, 1.807) is 0 Å². The van der Waals surface area contributed by atoms with Gasteiger partial charge in [-0.3, -0.25) is 9.69 Å². The maximum atomic E-state index is 12.6. The number of aromatic nitrogens is 4. The molecule has 2 aliphatic heterocycles. The molecule has 6 rings (SSSR count). The predicted molar refractivity (Wildman–Crippen MR) is 137 cm³/mol. The number of amides is 1. The van der Waals surface area contributed by atoms with Gasteiger partial charge in [-0.25, -0.2) is 14.6 Å². The zero-order chi connectivity index (χ0) is 24.8. The van der Waals surface area contributed by atoms with Gasteiger partial charge in [-0.15, -0.1) is 0 Å². The third kappa shape index (κ3) is 3.85. The summed E-state index contributed by atoms with van der Waals surface area (Å²) in [5.41, 5.74) is 8.71. The first-order chi connectivity index (χ1) is 17.5. The van der Waals surface area contributed by atoms with E-state index in [2.05, 4.69) is 34.0 Å². The Kier molecular flexibility index (Phi) is 5.56. The van der Waals surface area contributed by atoms with Crippen LogP contribution in [0.1, 0.15) is 32.7 Å². The number of piperidine rings is 1. The number of hydrogen-bond acceptors (Lipinski definition) is 7. The Morgan fingerprint density at radius 1 is 1.03 bits per heavy atom. The average molecular weight is 484 g/mol. The van der Waals surface area contributed by atoms with Gasteiger partial charge in [-0.1, -0.05) is 32.0 Å². The molecule has 0 bridgehead atoms. The predicted octanol–water partition coefficient (Wildman–Crippen LogP) is 3.99. The number of nitrogens with zero attached hydrogens (tertiary/aromatic N) is 5. The summed E-state index contributed by atoms with van der Waals surface area (Å²) in [6.07, 6.45) is 3.32. The molecule has 1 amide bonds. The molecule has 2 aromatic heterocycles. The van der Waals surface area contributed by atoms with E-state index in [-0.39, 0.29) is 30.1 Å². The monoisotopic (exact) mass is 483 g/mol. The number of fused-ring (bicyclic) bond motifs is 2. The molecule has 4 aromatic rings. The number of para-hydroxylation sites is 1. The molecule has 0 radical (unpaired) electrons. The van der Waals surface area contributed by atoms with Crippen LogP contribution in [0.3, 0.4) is 0 Å². The minimum Gasteiger partial charge on any atom is -0.457 e. The van der Waals surface area contributed by atoms with E-state index < -0.39 is 0 Å². The van der Waals surface area contributed by atoms with Crippen molar-refractivity contribution >= 4 is 22.8 Å². The number of carbonyl (C=O) groups excluding carboxylic acids is 1. The van der Waals surface area contributed by atoms with Crippen molar-refractivity contribution in [2.45, 2.75) is 44.9 Å². The van der Waals surface area contributed by atoms with Crippen LogP contribution in [0.5, 0.6) is 11.5 Å². The van der Waals surface area contributed by atoms with E-state index in [0.717, 1.165) is 47.5 Å². The van der Waals surface area contributed by atoms with Crippen LogP contribution in [0.15, 0.2) is 60.9 Å². The molecule has 2 fully saturated rings. The number of nitrogens with one attached hydrogen (secondary N) is 1. The third-order valence-corrected chi connectivity index (χ3v) is 7.13. The van der Waals surface area contributed by atoms with Crippen molar-refractivity contribution in [3.8, 4) is 22.8 Å². The molecule has 0 aliphatic carbocycles. The SMILES string of the molecule is CC(C)C1C(=O)NC2CCC(n3nc(-c4ccc(Oc5ccccc5)cc4)c4c(N)ncnc43)CN21. The molecular formula is C27H29N7O2. The van der Waals surface area contributed by atoms with Crippen LogP contribution in [0.25, 0.3) is 22.3 Å². The minimum absolute atomic E-state index is 0.0708. The lowest BCUT2D eigenvalue weighted by Gasteiger charge is -2.37. The average Bonchev–Trinajstić information content (AvgIpc) is 3.43. The minimum atomic E-state index is -0.129. The van der Waals surface area contributed by atoms with E-state index in [9.17, 15) is 4.79 Å². The Labute approximate surface area is 209 Å². The van der Waals surface area contributed by atoms with Gasteiger partial charge in [0.05, 0.1) is 23.6 Å². The lowest BCUT2D eigenvalue weighted by molar-refractivity contribution is -0.122. The number of ether oxygens (including phenoxy) is 1. The van der Waals surface area contributed by atoms with Gasteiger partial charge in [0.2, 0.25) is 5.91 Å². The molecule has 0 spiro atoms. The van der Waals surface area contributed by atoms with Crippen LogP contribution in [-0.4, -0.2) is 49.3 Å².